The first-order valence-corrected chi connectivity index (χ1v) is 3.63. The maximum atomic E-state index is 2.21. The zero-order valence-corrected chi connectivity index (χ0v) is 6.51. The predicted molar refractivity (Wildman–Crippen MR) is 24.2 cm³/mol. The van der Waals surface area contributed by atoms with Crippen LogP contribution in [0, 0.1) is 0 Å². The molecule has 0 saturated carbocycles. The van der Waals surface area contributed by atoms with Crippen molar-refractivity contribution < 1.29 is 18.9 Å². The molecule has 0 aliphatic rings. The van der Waals surface area contributed by atoms with E-state index in [2.05, 4.69) is 38.8 Å². The zero-order valence-electron chi connectivity index (χ0n) is 4.12. The van der Waals surface area contributed by atoms with Crippen LogP contribution in [-0.4, -0.2) is 0 Å². The van der Waals surface area contributed by atoms with Crippen LogP contribution in [-0.2, 0) is 18.9 Å². The molecule has 0 aromatic heterocycles. The third kappa shape index (κ3) is 4.39. The second kappa shape index (κ2) is 3.57. The van der Waals surface area contributed by atoms with Gasteiger partial charge >= 0.3 is 49.3 Å². The van der Waals surface area contributed by atoms with Gasteiger partial charge in [-0.05, 0) is 0 Å². The Hall–Kier alpha value is 0.389. The molecule has 0 aliphatic heterocycles. The molecule has 0 spiro atoms. The molecule has 0 aromatic carbocycles. The van der Waals surface area contributed by atoms with E-state index in [9.17, 15) is 0 Å². The molecule has 0 saturated heterocycles. The van der Waals surface area contributed by atoms with E-state index in [1.54, 1.807) is 0 Å². The van der Waals surface area contributed by atoms with Gasteiger partial charge in [0.2, 0.25) is 0 Å². The van der Waals surface area contributed by atoms with Crippen molar-refractivity contribution in [1.82, 2.24) is 0 Å². The Balaban J connectivity index is 3.14. The molecule has 0 heterocycles. The van der Waals surface area contributed by atoms with Gasteiger partial charge in [0.1, 0.15) is 0 Å². The van der Waals surface area contributed by atoms with Crippen LogP contribution in [0.5, 0.6) is 0 Å². The topological polar surface area (TPSA) is 0 Å². The summed E-state index contributed by atoms with van der Waals surface area (Å²) in [6.45, 7) is 4.23. The second-order valence-electron chi connectivity index (χ2n) is 1.42. The molecule has 0 nitrogen and oxygen atoms in total. The van der Waals surface area contributed by atoms with Crippen LogP contribution in [0.2, 0.25) is 4.93 Å². The fourth-order valence-electron chi connectivity index (χ4n) is 0.136. The summed E-state index contributed by atoms with van der Waals surface area (Å²) in [5.74, 6) is 0. The monoisotopic (exact) mass is 262 g/mol. The Bertz CT molecular complexity index is 51.0. The first-order valence-electron chi connectivity index (χ1n) is 1.93. The van der Waals surface area contributed by atoms with Crippen LogP contribution < -0.4 is 0 Å². The summed E-state index contributed by atoms with van der Waals surface area (Å²) in [7, 11) is 0. The molecule has 0 unspecified atom stereocenters. The molecule has 0 bridgehead atoms. The third-order valence-electron chi connectivity index (χ3n) is 0.476. The minimum atomic E-state index is 1.17. The summed E-state index contributed by atoms with van der Waals surface area (Å²) in [6, 6.07) is 0. The van der Waals surface area contributed by atoms with Crippen LogP contribution in [0.1, 0.15) is 13.8 Å². The van der Waals surface area contributed by atoms with Crippen LogP contribution in [0.15, 0.2) is 11.6 Å². The van der Waals surface area contributed by atoms with E-state index in [0.717, 1.165) is 0 Å². The number of hydrogen-bond acceptors (Lipinski definition) is 0. The van der Waals surface area contributed by atoms with Gasteiger partial charge in [-0.2, -0.15) is 0 Å². The summed E-state index contributed by atoms with van der Waals surface area (Å²) in [4.78, 5) is 1.17. The Labute approximate surface area is 49.8 Å². The van der Waals surface area contributed by atoms with E-state index in [1.165, 1.54) is 10.5 Å². The quantitative estimate of drug-likeness (QED) is 0.633. The molecule has 0 fully saturated rings. The number of allylic oxidation sites excluding steroid dienone is 2. The van der Waals surface area contributed by atoms with E-state index in [0.29, 0.717) is 0 Å². The Morgan fingerprint density at radius 3 is 2.17 bits per heavy atom. The number of rotatable bonds is 1. The van der Waals surface area contributed by atoms with Gasteiger partial charge in [-0.3, -0.25) is 0 Å². The summed E-state index contributed by atoms with van der Waals surface area (Å²) in [6.07, 6.45) is 2.21. The molecule has 0 atom stereocenters. The van der Waals surface area contributed by atoms with Crippen LogP contribution >= 0.6 is 0 Å². The molecule has 0 radical (unpaired) electrons. The average Bonchev–Trinajstić information content (AvgIpc) is 1.35. The minimum absolute atomic E-state index is 1.17. The molecular weight excluding hydrogens is 252 g/mol. The molecule has 0 N–H and O–H groups in total. The van der Waals surface area contributed by atoms with Crippen molar-refractivity contribution in [2.45, 2.75) is 18.8 Å². The van der Waals surface area contributed by atoms with Crippen LogP contribution in [0.4, 0.5) is 0 Å². The standard InChI is InChI=1S/C5H9.Ir/c1-4-5(2)3;/h4H,1H2,2-3H3;. The first kappa shape index (κ1) is 6.39. The maximum absolute atomic E-state index is 2.21. The predicted octanol–water partition coefficient (Wildman–Crippen LogP) is 1.92. The van der Waals surface area contributed by atoms with Gasteiger partial charge in [0.25, 0.3) is 0 Å². The van der Waals surface area contributed by atoms with Crippen molar-refractivity contribution in [1.29, 1.82) is 0 Å². The fraction of sp³-hybridized carbons (Fsp3) is 0.600. The first-order chi connectivity index (χ1) is 2.77. The number of hydrogen-bond donors (Lipinski definition) is 0. The van der Waals surface area contributed by atoms with E-state index >= 15 is 0 Å². The molecular formula is C5H9Ir. The van der Waals surface area contributed by atoms with Gasteiger partial charge in [0, 0.05) is 0 Å². The molecule has 6 heavy (non-hydrogen) atoms. The van der Waals surface area contributed by atoms with Crippen molar-refractivity contribution in [3.05, 3.63) is 11.6 Å². The van der Waals surface area contributed by atoms with Crippen molar-refractivity contribution in [2.75, 3.05) is 0 Å². The SMILES string of the molecule is CC(C)=C[CH2][Ir]. The van der Waals surface area contributed by atoms with Gasteiger partial charge in [-0.1, -0.05) is 0 Å². The van der Waals surface area contributed by atoms with Crippen molar-refractivity contribution in [3.63, 3.8) is 0 Å². The Kier molecular flexibility index (Phi) is 3.81. The molecule has 0 amide bonds. The zero-order chi connectivity index (χ0) is 4.99. The summed E-state index contributed by atoms with van der Waals surface area (Å²) >= 11 is 2.15. The van der Waals surface area contributed by atoms with Crippen molar-refractivity contribution in [3.8, 4) is 0 Å². The van der Waals surface area contributed by atoms with E-state index < -0.39 is 0 Å². The average molecular weight is 261 g/mol. The van der Waals surface area contributed by atoms with Crippen molar-refractivity contribution >= 4 is 0 Å². The second-order valence-corrected chi connectivity index (χ2v) is 2.40. The van der Waals surface area contributed by atoms with E-state index in [1.807, 2.05) is 0 Å². The molecule has 0 aliphatic carbocycles. The molecule has 38 valence electrons. The van der Waals surface area contributed by atoms with Crippen LogP contribution in [0.25, 0.3) is 0 Å². The molecule has 0 aromatic rings. The Morgan fingerprint density at radius 1 is 1.67 bits per heavy atom. The van der Waals surface area contributed by atoms with Gasteiger partial charge in [0.05, 0.1) is 0 Å². The molecule has 0 rings (SSSR count). The van der Waals surface area contributed by atoms with Gasteiger partial charge in [-0.25, -0.2) is 0 Å². The Morgan fingerprint density at radius 2 is 2.17 bits per heavy atom. The summed E-state index contributed by atoms with van der Waals surface area (Å²) < 4.78 is 0. The molecule has 1 heteroatoms. The van der Waals surface area contributed by atoms with E-state index in [4.69, 9.17) is 0 Å². The normalized spacial score (nSPS) is 8.00. The van der Waals surface area contributed by atoms with Gasteiger partial charge in [0.15, 0.2) is 0 Å². The summed E-state index contributed by atoms with van der Waals surface area (Å²) in [5.41, 5.74) is 1.41. The third-order valence-corrected chi connectivity index (χ3v) is 0.965. The van der Waals surface area contributed by atoms with Crippen LogP contribution in [0.3, 0.4) is 0 Å². The van der Waals surface area contributed by atoms with Gasteiger partial charge in [-0.15, -0.1) is 0 Å². The van der Waals surface area contributed by atoms with E-state index in [-0.39, 0.29) is 0 Å². The van der Waals surface area contributed by atoms with Gasteiger partial charge < -0.3 is 0 Å². The van der Waals surface area contributed by atoms with Crippen molar-refractivity contribution in [2.24, 2.45) is 0 Å². The fourth-order valence-corrected chi connectivity index (χ4v) is 1.11. The summed E-state index contributed by atoms with van der Waals surface area (Å²) in [5, 5.41) is 0.